The van der Waals surface area contributed by atoms with Gasteiger partial charge in [-0.05, 0) is 18.6 Å². The van der Waals surface area contributed by atoms with Gasteiger partial charge >= 0.3 is 5.76 Å². The number of anilines is 1. The Kier molecular flexibility index (Phi) is 2.41. The highest BCUT2D eigenvalue weighted by molar-refractivity contribution is 6.00. The number of hydrogen-bond donors (Lipinski definition) is 2. The van der Waals surface area contributed by atoms with Crippen LogP contribution in [0.15, 0.2) is 27.4 Å². The van der Waals surface area contributed by atoms with Crippen molar-refractivity contribution < 1.29 is 14.0 Å². The highest BCUT2D eigenvalue weighted by Crippen LogP contribution is 2.25. The number of nitrogens with zero attached hydrogens (tertiary/aromatic N) is 1. The van der Waals surface area contributed by atoms with Crippen LogP contribution < -0.4 is 16.8 Å². The van der Waals surface area contributed by atoms with Crippen LogP contribution in [0, 0.1) is 0 Å². The minimum Gasteiger partial charge on any atom is -0.405 e. The van der Waals surface area contributed by atoms with Gasteiger partial charge in [-0.15, -0.1) is 0 Å². The van der Waals surface area contributed by atoms with Gasteiger partial charge < -0.3 is 10.2 Å². The van der Waals surface area contributed by atoms with Gasteiger partial charge in [0, 0.05) is 6.42 Å². The molecule has 1 aromatic heterocycles. The molecule has 2 heterocycles. The van der Waals surface area contributed by atoms with Crippen molar-refractivity contribution in [1.82, 2.24) is 9.88 Å². The number of oxazole rings is 1. The molecule has 1 aliphatic heterocycles. The number of aromatic nitrogens is 1. The third-order valence-corrected chi connectivity index (χ3v) is 3.19. The lowest BCUT2D eigenvalue weighted by atomic mass is 10.1. The zero-order valence-corrected chi connectivity index (χ0v) is 9.88. The molecule has 0 spiro atoms. The minimum absolute atomic E-state index is 0.192. The van der Waals surface area contributed by atoms with E-state index < -0.39 is 17.7 Å². The first-order chi connectivity index (χ1) is 9.08. The number of para-hydroxylation sites is 1. The van der Waals surface area contributed by atoms with Gasteiger partial charge in [-0.1, -0.05) is 6.07 Å². The lowest BCUT2D eigenvalue weighted by Gasteiger charge is -2.21. The Morgan fingerprint density at radius 1 is 1.32 bits per heavy atom. The summed E-state index contributed by atoms with van der Waals surface area (Å²) in [5.41, 5.74) is 6.78. The van der Waals surface area contributed by atoms with Gasteiger partial charge in [0.15, 0.2) is 5.58 Å². The average molecular weight is 261 g/mol. The standard InChI is InChI=1S/C12H11N3O4/c13-6-2-1-3-7-10(6)19-12(18)15(7)8-4-5-9(16)14-11(8)17/h1-3,8H,4-5,13H2,(H,14,16,17). The van der Waals surface area contributed by atoms with E-state index >= 15 is 0 Å². The van der Waals surface area contributed by atoms with Crippen LogP contribution >= 0.6 is 0 Å². The fourth-order valence-electron chi connectivity index (χ4n) is 2.30. The summed E-state index contributed by atoms with van der Waals surface area (Å²) in [6.45, 7) is 0. The second-order valence-electron chi connectivity index (χ2n) is 4.40. The van der Waals surface area contributed by atoms with Crippen LogP contribution in [0.2, 0.25) is 0 Å². The molecule has 2 amide bonds. The van der Waals surface area contributed by atoms with Crippen LogP contribution in [0.1, 0.15) is 18.9 Å². The first-order valence-electron chi connectivity index (χ1n) is 5.81. The minimum atomic E-state index is -0.742. The van der Waals surface area contributed by atoms with Crippen molar-refractivity contribution in [2.45, 2.75) is 18.9 Å². The molecule has 0 saturated carbocycles. The number of rotatable bonds is 1. The van der Waals surface area contributed by atoms with E-state index in [0.717, 1.165) is 0 Å². The number of carbonyl (C=O) groups is 2. The molecule has 19 heavy (non-hydrogen) atoms. The Morgan fingerprint density at radius 2 is 2.11 bits per heavy atom. The largest absolute Gasteiger partial charge is 0.420 e. The molecule has 1 unspecified atom stereocenters. The molecular weight excluding hydrogens is 250 g/mol. The Balaban J connectivity index is 2.18. The molecule has 1 aliphatic rings. The molecule has 2 aromatic rings. The number of fused-ring (bicyclic) bond motifs is 1. The number of piperidine rings is 1. The van der Waals surface area contributed by atoms with Crippen molar-refractivity contribution in [3.05, 3.63) is 28.7 Å². The summed E-state index contributed by atoms with van der Waals surface area (Å²) in [4.78, 5) is 34.8. The van der Waals surface area contributed by atoms with Crippen LogP contribution in [-0.4, -0.2) is 16.4 Å². The Hall–Kier alpha value is -2.57. The zero-order chi connectivity index (χ0) is 13.6. The number of benzene rings is 1. The number of amides is 2. The van der Waals surface area contributed by atoms with E-state index in [9.17, 15) is 14.4 Å². The predicted molar refractivity (Wildman–Crippen MR) is 66.3 cm³/mol. The fraction of sp³-hybridized carbons (Fsp3) is 0.250. The average Bonchev–Trinajstić information content (AvgIpc) is 2.68. The van der Waals surface area contributed by atoms with Gasteiger partial charge in [0.1, 0.15) is 6.04 Å². The maximum absolute atomic E-state index is 11.9. The third kappa shape index (κ3) is 1.70. The molecule has 1 saturated heterocycles. The summed E-state index contributed by atoms with van der Waals surface area (Å²) in [5, 5.41) is 2.21. The van der Waals surface area contributed by atoms with E-state index in [-0.39, 0.29) is 24.3 Å². The van der Waals surface area contributed by atoms with Gasteiger partial charge in [0.25, 0.3) is 0 Å². The first-order valence-corrected chi connectivity index (χ1v) is 5.81. The van der Waals surface area contributed by atoms with Gasteiger partial charge in [-0.3, -0.25) is 19.5 Å². The number of hydrogen-bond acceptors (Lipinski definition) is 5. The molecule has 0 aliphatic carbocycles. The van der Waals surface area contributed by atoms with Gasteiger partial charge in [-0.25, -0.2) is 4.79 Å². The molecule has 3 rings (SSSR count). The summed E-state index contributed by atoms with van der Waals surface area (Å²) >= 11 is 0. The molecule has 98 valence electrons. The molecule has 7 heteroatoms. The zero-order valence-electron chi connectivity index (χ0n) is 9.88. The third-order valence-electron chi connectivity index (χ3n) is 3.19. The Bertz CT molecular complexity index is 743. The summed E-state index contributed by atoms with van der Waals surface area (Å²) in [6.07, 6.45) is 0.464. The quantitative estimate of drug-likeness (QED) is 0.561. The van der Waals surface area contributed by atoms with Gasteiger partial charge in [0.2, 0.25) is 11.8 Å². The van der Waals surface area contributed by atoms with E-state index in [0.29, 0.717) is 11.2 Å². The lowest BCUT2D eigenvalue weighted by molar-refractivity contribution is -0.135. The van der Waals surface area contributed by atoms with Crippen LogP contribution in [0.5, 0.6) is 0 Å². The number of nitrogen functional groups attached to an aromatic ring is 1. The molecule has 1 atom stereocenters. The number of carbonyl (C=O) groups excluding carboxylic acids is 2. The highest BCUT2D eigenvalue weighted by Gasteiger charge is 2.31. The molecule has 1 aromatic carbocycles. The van der Waals surface area contributed by atoms with Crippen LogP contribution in [0.3, 0.4) is 0 Å². The van der Waals surface area contributed by atoms with Crippen molar-refractivity contribution >= 4 is 28.6 Å². The summed E-state index contributed by atoms with van der Waals surface area (Å²) in [6, 6.07) is 4.20. The van der Waals surface area contributed by atoms with Crippen LogP contribution in [0.25, 0.3) is 11.1 Å². The van der Waals surface area contributed by atoms with Gasteiger partial charge in [-0.2, -0.15) is 0 Å². The molecule has 1 fully saturated rings. The van der Waals surface area contributed by atoms with E-state index in [1.54, 1.807) is 18.2 Å². The summed E-state index contributed by atoms with van der Waals surface area (Å²) in [5.74, 6) is -1.48. The second kappa shape index (κ2) is 3.98. The number of imide groups is 1. The lowest BCUT2D eigenvalue weighted by Crippen LogP contribution is -2.43. The van der Waals surface area contributed by atoms with E-state index in [1.165, 1.54) is 4.57 Å². The van der Waals surface area contributed by atoms with E-state index in [4.69, 9.17) is 10.2 Å². The van der Waals surface area contributed by atoms with Crippen molar-refractivity contribution in [2.24, 2.45) is 0 Å². The molecular formula is C12H11N3O4. The normalized spacial score (nSPS) is 19.7. The summed E-state index contributed by atoms with van der Waals surface area (Å²) < 4.78 is 6.32. The maximum atomic E-state index is 11.9. The second-order valence-corrected chi connectivity index (χ2v) is 4.40. The van der Waals surface area contributed by atoms with Crippen molar-refractivity contribution in [1.29, 1.82) is 0 Å². The van der Waals surface area contributed by atoms with Gasteiger partial charge in [0.05, 0.1) is 11.2 Å². The number of nitrogens with two attached hydrogens (primary N) is 1. The summed E-state index contributed by atoms with van der Waals surface area (Å²) in [7, 11) is 0. The van der Waals surface area contributed by atoms with Crippen LogP contribution in [-0.2, 0) is 9.59 Å². The molecule has 0 bridgehead atoms. The van der Waals surface area contributed by atoms with Crippen molar-refractivity contribution in [3.63, 3.8) is 0 Å². The van der Waals surface area contributed by atoms with E-state index in [2.05, 4.69) is 5.32 Å². The molecule has 7 nitrogen and oxygen atoms in total. The Morgan fingerprint density at radius 3 is 2.84 bits per heavy atom. The topological polar surface area (TPSA) is 107 Å². The smallest absolute Gasteiger partial charge is 0.405 e. The number of nitrogens with one attached hydrogen (secondary N) is 1. The van der Waals surface area contributed by atoms with E-state index in [1.807, 2.05) is 0 Å². The Labute approximate surface area is 107 Å². The first kappa shape index (κ1) is 11.5. The fourth-order valence-corrected chi connectivity index (χ4v) is 2.30. The molecule has 0 radical (unpaired) electrons. The molecule has 3 N–H and O–H groups in total. The van der Waals surface area contributed by atoms with Crippen molar-refractivity contribution in [2.75, 3.05) is 5.73 Å². The SMILES string of the molecule is Nc1cccc2c1oc(=O)n2C1CCC(=O)NC1=O. The maximum Gasteiger partial charge on any atom is 0.420 e. The highest BCUT2D eigenvalue weighted by atomic mass is 16.4. The predicted octanol–water partition coefficient (Wildman–Crippen LogP) is 0.154. The monoisotopic (exact) mass is 261 g/mol. The van der Waals surface area contributed by atoms with Crippen molar-refractivity contribution in [3.8, 4) is 0 Å². The van der Waals surface area contributed by atoms with Crippen LogP contribution in [0.4, 0.5) is 5.69 Å².